The molecular weight excluding hydrogens is 560 g/mol. The highest BCUT2D eigenvalue weighted by atomic mass is 19.1. The second kappa shape index (κ2) is 12.0. The van der Waals surface area contributed by atoms with Gasteiger partial charge in [0, 0.05) is 49.3 Å². The number of nitrogens with zero attached hydrogens (tertiary/aromatic N) is 4. The van der Waals surface area contributed by atoms with E-state index in [1.807, 2.05) is 0 Å². The van der Waals surface area contributed by atoms with E-state index >= 15 is 4.39 Å². The zero-order chi connectivity index (χ0) is 29.9. The molecule has 2 atom stereocenters. The highest BCUT2D eigenvalue weighted by Crippen LogP contribution is 2.36. The summed E-state index contributed by atoms with van der Waals surface area (Å²) in [4.78, 5) is 30.1. The van der Waals surface area contributed by atoms with Crippen molar-refractivity contribution in [2.75, 3.05) is 24.4 Å². The van der Waals surface area contributed by atoms with Gasteiger partial charge in [0.1, 0.15) is 22.5 Å². The fraction of sp³-hybridized carbons (Fsp3) is 0.233. The third-order valence-corrected chi connectivity index (χ3v) is 7.36. The van der Waals surface area contributed by atoms with Gasteiger partial charge >= 0.3 is 0 Å². The number of ether oxygens (including phenoxy) is 2. The molecule has 11 nitrogen and oxygen atoms in total. The van der Waals surface area contributed by atoms with Crippen LogP contribution in [0.15, 0.2) is 71.8 Å². The predicted molar refractivity (Wildman–Crippen MR) is 155 cm³/mol. The first-order valence-corrected chi connectivity index (χ1v) is 13.6. The number of halogens is 2. The Labute approximate surface area is 243 Å². The van der Waals surface area contributed by atoms with Crippen LogP contribution >= 0.6 is 0 Å². The molecular formula is C30H27F2N7O4. The molecule has 0 radical (unpaired) electrons. The Morgan fingerprint density at radius 1 is 1.07 bits per heavy atom. The molecule has 1 amide bonds. The van der Waals surface area contributed by atoms with E-state index in [1.54, 1.807) is 13.2 Å². The summed E-state index contributed by atoms with van der Waals surface area (Å²) in [5.41, 5.74) is -0.0731. The highest BCUT2D eigenvalue weighted by molar-refractivity contribution is 6.04. The molecule has 3 N–H and O–H groups in total. The van der Waals surface area contributed by atoms with Crippen LogP contribution < -0.4 is 20.9 Å². The number of nitrogens with one attached hydrogen (secondary N) is 3. The van der Waals surface area contributed by atoms with Crippen molar-refractivity contribution in [2.45, 2.75) is 25.3 Å². The van der Waals surface area contributed by atoms with E-state index in [9.17, 15) is 14.0 Å². The Balaban J connectivity index is 1.20. The molecule has 2 aromatic carbocycles. The number of carbonyl (C=O) groups is 1. The minimum atomic E-state index is -0.764. The van der Waals surface area contributed by atoms with Crippen LogP contribution in [0, 0.1) is 17.6 Å². The van der Waals surface area contributed by atoms with Crippen molar-refractivity contribution in [3.8, 4) is 17.2 Å². The molecule has 3 aromatic heterocycles. The van der Waals surface area contributed by atoms with Crippen LogP contribution in [0.2, 0.25) is 0 Å². The monoisotopic (exact) mass is 587 g/mol. The summed E-state index contributed by atoms with van der Waals surface area (Å²) in [7, 11) is 1.69. The van der Waals surface area contributed by atoms with Gasteiger partial charge in [0.05, 0.1) is 12.3 Å². The lowest BCUT2D eigenvalue weighted by molar-refractivity contribution is 0.102. The summed E-state index contributed by atoms with van der Waals surface area (Å²) in [6, 6.07) is 12.0. The summed E-state index contributed by atoms with van der Waals surface area (Å²) in [5.74, 6) is -0.824. The van der Waals surface area contributed by atoms with Crippen molar-refractivity contribution in [3.63, 3.8) is 0 Å². The summed E-state index contributed by atoms with van der Waals surface area (Å²) < 4.78 is 40.8. The number of pyridine rings is 1. The van der Waals surface area contributed by atoms with Crippen molar-refractivity contribution in [3.05, 3.63) is 94.5 Å². The molecule has 220 valence electrons. The maximum Gasteiger partial charge on any atom is 0.284 e. The Morgan fingerprint density at radius 3 is 2.70 bits per heavy atom. The van der Waals surface area contributed by atoms with Crippen LogP contribution in [0.4, 0.5) is 20.3 Å². The number of hydrogen-bond acceptors (Lipinski definition) is 8. The third kappa shape index (κ3) is 5.79. The number of amides is 1. The van der Waals surface area contributed by atoms with Crippen molar-refractivity contribution in [2.24, 2.45) is 5.92 Å². The number of methoxy groups -OCH3 is 1. The number of carbonyl (C=O) groups excluding carboxylic acids is 1. The van der Waals surface area contributed by atoms with Crippen molar-refractivity contribution >= 4 is 28.4 Å². The fourth-order valence-corrected chi connectivity index (χ4v) is 5.26. The molecule has 0 spiro atoms. The van der Waals surface area contributed by atoms with Gasteiger partial charge in [0.25, 0.3) is 11.5 Å². The van der Waals surface area contributed by atoms with E-state index in [2.05, 4.69) is 30.9 Å². The van der Waals surface area contributed by atoms with Crippen LogP contribution in [0.5, 0.6) is 11.5 Å². The zero-order valence-corrected chi connectivity index (χ0v) is 23.0. The molecule has 6 rings (SSSR count). The number of anilines is 2. The maximum absolute atomic E-state index is 15.2. The van der Waals surface area contributed by atoms with Gasteiger partial charge in [-0.3, -0.25) is 14.7 Å². The number of aromatic nitrogens is 5. The minimum absolute atomic E-state index is 0.0849. The number of fused-ring (bicyclic) bond motifs is 1. The molecule has 0 bridgehead atoms. The van der Waals surface area contributed by atoms with Crippen LogP contribution in [0.25, 0.3) is 16.7 Å². The molecule has 5 aromatic rings. The number of aromatic amines is 1. The number of hydrogen-bond donors (Lipinski definition) is 3. The standard InChI is InChI=1S/C30H27F2N7O4/c1-42-16-17-3-2-4-23(17)36-28-26-25(12-13-33-27(26)37-38-28)43-24-10-7-19(15-22(24)32)35-29(40)21-11-14-34-39(30(21)41)20-8-5-18(31)6-9-20/h5-15,17,23H,2-4,16H2,1H3,(H,35,40)(H2,33,36,37,38). The average Bonchev–Trinajstić information content (AvgIpc) is 3.63. The largest absolute Gasteiger partial charge is 0.453 e. The third-order valence-electron chi connectivity index (χ3n) is 7.36. The quantitative estimate of drug-likeness (QED) is 0.218. The average molecular weight is 588 g/mol. The van der Waals surface area contributed by atoms with Crippen molar-refractivity contribution in [1.82, 2.24) is 25.0 Å². The second-order valence-corrected chi connectivity index (χ2v) is 10.1. The van der Waals surface area contributed by atoms with Gasteiger partial charge in [-0.15, -0.1) is 0 Å². The molecule has 1 saturated carbocycles. The zero-order valence-electron chi connectivity index (χ0n) is 23.0. The van der Waals surface area contributed by atoms with Crippen molar-refractivity contribution in [1.29, 1.82) is 0 Å². The lowest BCUT2D eigenvalue weighted by atomic mass is 10.1. The van der Waals surface area contributed by atoms with Gasteiger partial charge in [-0.2, -0.15) is 14.9 Å². The Morgan fingerprint density at radius 2 is 1.91 bits per heavy atom. The molecule has 0 aliphatic heterocycles. The SMILES string of the molecule is COCC1CCCC1Nc1n[nH]c2nccc(Oc3ccc(NC(=O)c4ccnn(-c5ccc(F)cc5)c4=O)cc3F)c12. The van der Waals surface area contributed by atoms with E-state index in [0.29, 0.717) is 35.1 Å². The number of rotatable bonds is 9. The summed E-state index contributed by atoms with van der Waals surface area (Å²) in [5, 5.41) is 17.8. The molecule has 1 aliphatic rings. The van der Waals surface area contributed by atoms with Crippen molar-refractivity contribution < 1.29 is 23.0 Å². The lowest BCUT2D eigenvalue weighted by Gasteiger charge is -2.20. The first-order chi connectivity index (χ1) is 20.9. The molecule has 2 unspecified atom stereocenters. The highest BCUT2D eigenvalue weighted by Gasteiger charge is 2.29. The van der Waals surface area contributed by atoms with E-state index in [4.69, 9.17) is 9.47 Å². The molecule has 43 heavy (non-hydrogen) atoms. The summed E-state index contributed by atoms with van der Waals surface area (Å²) in [6.45, 7) is 0.640. The van der Waals surface area contributed by atoms with Gasteiger partial charge in [-0.25, -0.2) is 13.8 Å². The van der Waals surface area contributed by atoms with E-state index < -0.39 is 23.1 Å². The van der Waals surface area contributed by atoms with Crippen LogP contribution in [-0.4, -0.2) is 50.6 Å². The minimum Gasteiger partial charge on any atom is -0.453 e. The second-order valence-electron chi connectivity index (χ2n) is 10.1. The van der Waals surface area contributed by atoms with E-state index in [0.717, 1.165) is 30.0 Å². The van der Waals surface area contributed by atoms with Gasteiger partial charge in [-0.1, -0.05) is 6.42 Å². The Hall–Kier alpha value is -5.17. The Bertz CT molecular complexity index is 1840. The maximum atomic E-state index is 15.2. The number of benzene rings is 2. The lowest BCUT2D eigenvalue weighted by Crippen LogP contribution is -2.29. The molecule has 1 fully saturated rings. The predicted octanol–water partition coefficient (Wildman–Crippen LogP) is 5.05. The summed E-state index contributed by atoms with van der Waals surface area (Å²) >= 11 is 0. The van der Waals surface area contributed by atoms with Gasteiger partial charge < -0.3 is 20.1 Å². The van der Waals surface area contributed by atoms with Crippen LogP contribution in [0.1, 0.15) is 29.6 Å². The summed E-state index contributed by atoms with van der Waals surface area (Å²) in [6.07, 6.45) is 5.91. The fourth-order valence-electron chi connectivity index (χ4n) is 5.26. The normalized spacial score (nSPS) is 16.3. The smallest absolute Gasteiger partial charge is 0.284 e. The molecule has 3 heterocycles. The van der Waals surface area contributed by atoms with Gasteiger partial charge in [-0.05, 0) is 55.3 Å². The molecule has 13 heteroatoms. The van der Waals surface area contributed by atoms with E-state index in [1.165, 1.54) is 54.9 Å². The van der Waals surface area contributed by atoms with Gasteiger partial charge in [0.2, 0.25) is 0 Å². The van der Waals surface area contributed by atoms with Crippen LogP contribution in [-0.2, 0) is 4.74 Å². The van der Waals surface area contributed by atoms with Crippen LogP contribution in [0.3, 0.4) is 0 Å². The first kappa shape index (κ1) is 28.0. The Kier molecular flexibility index (Phi) is 7.79. The number of H-pyrrole nitrogens is 1. The first-order valence-electron chi connectivity index (χ1n) is 13.6. The van der Waals surface area contributed by atoms with Gasteiger partial charge in [0.15, 0.2) is 23.0 Å². The molecule has 1 aliphatic carbocycles. The van der Waals surface area contributed by atoms with E-state index in [-0.39, 0.29) is 28.7 Å². The molecule has 0 saturated heterocycles. The topological polar surface area (TPSA) is 136 Å².